The van der Waals surface area contributed by atoms with Gasteiger partial charge in [-0.25, -0.2) is 9.97 Å². The number of anilines is 2. The molecule has 39 heavy (non-hydrogen) atoms. The molecule has 3 heterocycles. The van der Waals surface area contributed by atoms with Gasteiger partial charge in [0.2, 0.25) is 5.95 Å². The van der Waals surface area contributed by atoms with Crippen molar-refractivity contribution in [3.05, 3.63) is 82.2 Å². The highest BCUT2D eigenvalue weighted by Gasteiger charge is 2.26. The standard InChI is InChI=1S/C30H32N8O/c1-22-17-23(2)27(29(39)37-13-15-38(16-14-37)30-33-8-7-26(20-32)34-30)18-25(22)21-35-9-11-36(12-10-35)28-6-4-3-5-24(28)19-31/h3-8,17-18H,9-16,21H2,1-2H3. The minimum Gasteiger partial charge on any atom is -0.368 e. The van der Waals surface area contributed by atoms with Crippen LogP contribution in [0.1, 0.15) is 38.3 Å². The number of piperazine rings is 2. The van der Waals surface area contributed by atoms with Crippen molar-refractivity contribution in [3.8, 4) is 12.1 Å². The van der Waals surface area contributed by atoms with Crippen LogP contribution in [0.25, 0.3) is 0 Å². The second kappa shape index (κ2) is 11.5. The Labute approximate surface area is 229 Å². The molecule has 0 spiro atoms. The van der Waals surface area contributed by atoms with Gasteiger partial charge in [-0.1, -0.05) is 18.2 Å². The lowest BCUT2D eigenvalue weighted by atomic mass is 9.98. The molecule has 2 aromatic carbocycles. The van der Waals surface area contributed by atoms with Crippen LogP contribution in [-0.4, -0.2) is 78.0 Å². The maximum atomic E-state index is 13.6. The Morgan fingerprint density at radius 3 is 2.31 bits per heavy atom. The first-order valence-electron chi connectivity index (χ1n) is 13.3. The van der Waals surface area contributed by atoms with Gasteiger partial charge in [0.05, 0.1) is 11.3 Å². The summed E-state index contributed by atoms with van der Waals surface area (Å²) in [6, 6.07) is 17.9. The van der Waals surface area contributed by atoms with Gasteiger partial charge in [0.1, 0.15) is 17.8 Å². The fraction of sp³-hybridized carbons (Fsp3) is 0.367. The average Bonchev–Trinajstić information content (AvgIpc) is 2.98. The zero-order valence-electron chi connectivity index (χ0n) is 22.5. The minimum atomic E-state index is 0.0537. The van der Waals surface area contributed by atoms with Crippen molar-refractivity contribution in [1.29, 1.82) is 10.5 Å². The molecule has 9 heteroatoms. The molecule has 2 fully saturated rings. The molecule has 2 aliphatic rings. The largest absolute Gasteiger partial charge is 0.368 e. The van der Waals surface area contributed by atoms with Crippen LogP contribution in [0.3, 0.4) is 0 Å². The molecule has 198 valence electrons. The van der Waals surface area contributed by atoms with Crippen LogP contribution in [0.4, 0.5) is 11.6 Å². The first-order valence-corrected chi connectivity index (χ1v) is 13.3. The van der Waals surface area contributed by atoms with E-state index in [9.17, 15) is 10.1 Å². The number of nitriles is 2. The van der Waals surface area contributed by atoms with Crippen molar-refractivity contribution in [1.82, 2.24) is 19.8 Å². The highest BCUT2D eigenvalue weighted by molar-refractivity contribution is 5.96. The summed E-state index contributed by atoms with van der Waals surface area (Å²) >= 11 is 0. The predicted molar refractivity (Wildman–Crippen MR) is 149 cm³/mol. The fourth-order valence-electron chi connectivity index (χ4n) is 5.37. The van der Waals surface area contributed by atoms with Crippen LogP contribution in [0, 0.1) is 36.5 Å². The van der Waals surface area contributed by atoms with Gasteiger partial charge in [-0.05, 0) is 54.8 Å². The summed E-state index contributed by atoms with van der Waals surface area (Å²) < 4.78 is 0. The number of hydrogen-bond donors (Lipinski definition) is 0. The third-order valence-electron chi connectivity index (χ3n) is 7.65. The van der Waals surface area contributed by atoms with E-state index < -0.39 is 0 Å². The number of aryl methyl sites for hydroxylation is 2. The Balaban J connectivity index is 1.22. The van der Waals surface area contributed by atoms with Crippen LogP contribution >= 0.6 is 0 Å². The monoisotopic (exact) mass is 520 g/mol. The fourth-order valence-corrected chi connectivity index (χ4v) is 5.37. The number of para-hydroxylation sites is 1. The summed E-state index contributed by atoms with van der Waals surface area (Å²) in [5.41, 5.74) is 6.18. The summed E-state index contributed by atoms with van der Waals surface area (Å²) in [6.07, 6.45) is 1.60. The normalized spacial score (nSPS) is 16.1. The van der Waals surface area contributed by atoms with Crippen molar-refractivity contribution in [3.63, 3.8) is 0 Å². The highest BCUT2D eigenvalue weighted by atomic mass is 16.2. The Hall–Kier alpha value is -4.47. The van der Waals surface area contributed by atoms with E-state index in [-0.39, 0.29) is 5.91 Å². The predicted octanol–water partition coefficient (Wildman–Crippen LogP) is 3.12. The van der Waals surface area contributed by atoms with Crippen LogP contribution < -0.4 is 9.80 Å². The molecule has 3 aromatic rings. The van der Waals surface area contributed by atoms with E-state index >= 15 is 0 Å². The number of aromatic nitrogens is 2. The Kier molecular flexibility index (Phi) is 7.72. The van der Waals surface area contributed by atoms with Crippen LogP contribution in [-0.2, 0) is 6.54 Å². The van der Waals surface area contributed by atoms with Crippen molar-refractivity contribution in [2.75, 3.05) is 62.2 Å². The van der Waals surface area contributed by atoms with Crippen molar-refractivity contribution < 1.29 is 4.79 Å². The maximum Gasteiger partial charge on any atom is 0.254 e. The molecule has 0 atom stereocenters. The Morgan fingerprint density at radius 1 is 0.872 bits per heavy atom. The van der Waals surface area contributed by atoms with Gasteiger partial charge < -0.3 is 14.7 Å². The average molecular weight is 521 g/mol. The summed E-state index contributed by atoms with van der Waals surface area (Å²) in [4.78, 5) is 30.8. The zero-order valence-corrected chi connectivity index (χ0v) is 22.5. The Bertz CT molecular complexity index is 1440. The highest BCUT2D eigenvalue weighted by Crippen LogP contribution is 2.24. The SMILES string of the molecule is Cc1cc(C)c(C(=O)N2CCN(c3nccc(C#N)n3)CC2)cc1CN1CCN(c2ccccc2C#N)CC1. The molecule has 0 unspecified atom stereocenters. The smallest absolute Gasteiger partial charge is 0.254 e. The second-order valence-corrected chi connectivity index (χ2v) is 10.1. The molecular formula is C30H32N8O. The third kappa shape index (κ3) is 5.69. The molecule has 9 nitrogen and oxygen atoms in total. The molecule has 1 amide bonds. The molecule has 0 radical (unpaired) electrons. The molecule has 0 N–H and O–H groups in total. The first-order chi connectivity index (χ1) is 19.0. The summed E-state index contributed by atoms with van der Waals surface area (Å²) in [7, 11) is 0. The van der Waals surface area contributed by atoms with E-state index in [1.54, 1.807) is 12.3 Å². The first kappa shape index (κ1) is 26.1. The number of rotatable bonds is 5. The molecular weight excluding hydrogens is 488 g/mol. The van der Waals surface area contributed by atoms with Crippen LogP contribution in [0.2, 0.25) is 0 Å². The summed E-state index contributed by atoms with van der Waals surface area (Å²) in [6.45, 7) is 10.8. The number of benzene rings is 2. The molecule has 1 aromatic heterocycles. The topological polar surface area (TPSA) is 103 Å². The lowest BCUT2D eigenvalue weighted by Gasteiger charge is -2.37. The van der Waals surface area contributed by atoms with E-state index in [0.29, 0.717) is 43.4 Å². The van der Waals surface area contributed by atoms with E-state index in [1.165, 1.54) is 11.1 Å². The van der Waals surface area contributed by atoms with Gasteiger partial charge in [0, 0.05) is 70.7 Å². The van der Waals surface area contributed by atoms with Gasteiger partial charge in [-0.15, -0.1) is 0 Å². The van der Waals surface area contributed by atoms with Crippen molar-refractivity contribution >= 4 is 17.5 Å². The maximum absolute atomic E-state index is 13.6. The minimum absolute atomic E-state index is 0.0537. The number of carbonyl (C=O) groups excluding carboxylic acids is 1. The van der Waals surface area contributed by atoms with Crippen molar-refractivity contribution in [2.45, 2.75) is 20.4 Å². The van der Waals surface area contributed by atoms with Gasteiger partial charge in [0.15, 0.2) is 0 Å². The van der Waals surface area contributed by atoms with Gasteiger partial charge in [-0.3, -0.25) is 9.69 Å². The second-order valence-electron chi connectivity index (χ2n) is 10.1. The third-order valence-corrected chi connectivity index (χ3v) is 7.65. The lowest BCUT2D eigenvalue weighted by molar-refractivity contribution is 0.0745. The molecule has 2 aliphatic heterocycles. The number of amides is 1. The summed E-state index contributed by atoms with van der Waals surface area (Å²) in [5, 5.41) is 18.6. The van der Waals surface area contributed by atoms with E-state index in [2.05, 4.69) is 51.0 Å². The molecule has 0 bridgehead atoms. The number of nitrogens with zero attached hydrogens (tertiary/aromatic N) is 8. The van der Waals surface area contributed by atoms with Gasteiger partial charge >= 0.3 is 0 Å². The number of hydrogen-bond acceptors (Lipinski definition) is 8. The quantitative estimate of drug-likeness (QED) is 0.506. The van der Waals surface area contributed by atoms with Crippen LogP contribution in [0.15, 0.2) is 48.7 Å². The van der Waals surface area contributed by atoms with Crippen LogP contribution in [0.5, 0.6) is 0 Å². The van der Waals surface area contributed by atoms with E-state index in [0.717, 1.165) is 49.5 Å². The molecule has 0 aliphatic carbocycles. The molecule has 5 rings (SSSR count). The van der Waals surface area contributed by atoms with E-state index in [4.69, 9.17) is 5.26 Å². The molecule has 2 saturated heterocycles. The van der Waals surface area contributed by atoms with Crippen molar-refractivity contribution in [2.24, 2.45) is 0 Å². The molecule has 0 saturated carbocycles. The van der Waals surface area contributed by atoms with Gasteiger partial charge in [0.25, 0.3) is 5.91 Å². The Morgan fingerprint density at radius 2 is 1.59 bits per heavy atom. The summed E-state index contributed by atoms with van der Waals surface area (Å²) in [5.74, 6) is 0.587. The van der Waals surface area contributed by atoms with Gasteiger partial charge in [-0.2, -0.15) is 10.5 Å². The number of carbonyl (C=O) groups is 1. The lowest BCUT2D eigenvalue weighted by Crippen LogP contribution is -2.49. The van der Waals surface area contributed by atoms with E-state index in [1.807, 2.05) is 41.0 Å². The zero-order chi connectivity index (χ0) is 27.4.